The molecule has 0 radical (unpaired) electrons. The average Bonchev–Trinajstić information content (AvgIpc) is 3.13. The molecule has 6 nitrogen and oxygen atoms in total. The first-order valence-corrected chi connectivity index (χ1v) is 12.2. The Morgan fingerprint density at radius 2 is 1.82 bits per heavy atom. The van der Waals surface area contributed by atoms with Gasteiger partial charge in [-0.1, -0.05) is 23.7 Å². The van der Waals surface area contributed by atoms with Crippen LogP contribution in [0.2, 0.25) is 5.02 Å². The largest absolute Gasteiger partial charge is 0.353 e. The molecule has 1 aromatic carbocycles. The summed E-state index contributed by atoms with van der Waals surface area (Å²) in [5, 5.41) is 1.08. The number of nitrogens with two attached hydrogens (primary N) is 1. The molecule has 10 heteroatoms. The predicted octanol–water partition coefficient (Wildman–Crippen LogP) is 4.84. The summed E-state index contributed by atoms with van der Waals surface area (Å²) in [7, 11) is 0. The van der Waals surface area contributed by atoms with E-state index in [4.69, 9.17) is 17.3 Å². The topological polar surface area (TPSA) is 75.4 Å². The summed E-state index contributed by atoms with van der Waals surface area (Å²) >= 11 is 7.97. The molecular formula is C23H32Cl3N5OS. The van der Waals surface area contributed by atoms with E-state index in [9.17, 15) is 4.79 Å². The molecule has 33 heavy (non-hydrogen) atoms. The summed E-state index contributed by atoms with van der Waals surface area (Å²) in [6.07, 6.45) is 2.26. The van der Waals surface area contributed by atoms with Gasteiger partial charge < -0.3 is 15.5 Å². The van der Waals surface area contributed by atoms with Crippen LogP contribution in [0.4, 0.5) is 5.82 Å². The highest BCUT2D eigenvalue weighted by molar-refractivity contribution is 7.99. The molecule has 0 saturated carbocycles. The molecule has 2 atom stereocenters. The standard InChI is InChI=1S/C23H30ClN5OS.2ClH/c1-15-20-19(13-31-15)26-14-27-21(20)28-8-10-29(11-9-28)22(30)18(12-23(2,3)25)16-4-6-17(24)7-5-16;;/h4-7,14-15,18H,8-13,25H2,1-3H3;2*1H. The zero-order chi connectivity index (χ0) is 22.2. The Hall–Kier alpha value is -1.25. The van der Waals surface area contributed by atoms with Gasteiger partial charge in [0.25, 0.3) is 0 Å². The molecule has 0 bridgehead atoms. The molecule has 2 aromatic rings. The Bertz CT molecular complexity index is 946. The maximum atomic E-state index is 13.5. The minimum absolute atomic E-state index is 0. The third-order valence-electron chi connectivity index (χ3n) is 6.01. The van der Waals surface area contributed by atoms with E-state index < -0.39 is 5.54 Å². The first kappa shape index (κ1) is 28.0. The highest BCUT2D eigenvalue weighted by atomic mass is 35.5. The first-order chi connectivity index (χ1) is 14.7. The van der Waals surface area contributed by atoms with Crippen molar-refractivity contribution in [3.05, 3.63) is 52.4 Å². The highest BCUT2D eigenvalue weighted by Gasteiger charge is 2.34. The van der Waals surface area contributed by atoms with Crippen molar-refractivity contribution in [2.24, 2.45) is 5.73 Å². The Morgan fingerprint density at radius 3 is 2.42 bits per heavy atom. The maximum Gasteiger partial charge on any atom is 0.230 e. The fraction of sp³-hybridized carbons (Fsp3) is 0.522. The summed E-state index contributed by atoms with van der Waals surface area (Å²) in [6.45, 7) is 9.04. The molecule has 2 N–H and O–H groups in total. The van der Waals surface area contributed by atoms with Crippen LogP contribution in [0.5, 0.6) is 0 Å². The van der Waals surface area contributed by atoms with Crippen LogP contribution in [0.1, 0.15) is 55.2 Å². The van der Waals surface area contributed by atoms with Crippen LogP contribution < -0.4 is 10.6 Å². The van der Waals surface area contributed by atoms with Crippen molar-refractivity contribution in [3.63, 3.8) is 0 Å². The number of amides is 1. The summed E-state index contributed by atoms with van der Waals surface area (Å²) in [5.74, 6) is 1.84. The predicted molar refractivity (Wildman–Crippen MR) is 142 cm³/mol. The number of benzene rings is 1. The van der Waals surface area contributed by atoms with Gasteiger partial charge in [-0.3, -0.25) is 4.79 Å². The lowest BCUT2D eigenvalue weighted by molar-refractivity contribution is -0.133. The SMILES string of the molecule is CC1SCc2ncnc(N3CCN(C(=O)C(CC(C)(C)N)c4ccc(Cl)cc4)CC3)c21.Cl.Cl. The van der Waals surface area contributed by atoms with E-state index in [0.717, 1.165) is 35.9 Å². The second kappa shape index (κ2) is 11.5. The molecule has 182 valence electrons. The fourth-order valence-corrected chi connectivity index (χ4v) is 5.59. The first-order valence-electron chi connectivity index (χ1n) is 10.8. The van der Waals surface area contributed by atoms with Gasteiger partial charge in [0.2, 0.25) is 5.91 Å². The average molecular weight is 533 g/mol. The number of halogens is 3. The smallest absolute Gasteiger partial charge is 0.230 e. The summed E-state index contributed by atoms with van der Waals surface area (Å²) in [5.41, 5.74) is 9.24. The monoisotopic (exact) mass is 531 g/mol. The molecule has 0 aliphatic carbocycles. The van der Waals surface area contributed by atoms with Gasteiger partial charge in [0.05, 0.1) is 11.6 Å². The van der Waals surface area contributed by atoms with E-state index in [1.54, 1.807) is 6.33 Å². The Kier molecular flexibility index (Phi) is 9.71. The van der Waals surface area contributed by atoms with E-state index in [-0.39, 0.29) is 36.6 Å². The van der Waals surface area contributed by atoms with E-state index in [0.29, 0.717) is 29.8 Å². The second-order valence-corrected chi connectivity index (χ2v) is 10.9. The lowest BCUT2D eigenvalue weighted by Crippen LogP contribution is -2.51. The van der Waals surface area contributed by atoms with Gasteiger partial charge in [-0.05, 0) is 44.9 Å². The summed E-state index contributed by atoms with van der Waals surface area (Å²) < 4.78 is 0. The molecule has 1 amide bonds. The Balaban J connectivity index is 0.00000193. The molecule has 2 unspecified atom stereocenters. The molecule has 1 fully saturated rings. The number of nitrogens with zero attached hydrogens (tertiary/aromatic N) is 4. The van der Waals surface area contributed by atoms with Crippen LogP contribution in [0.3, 0.4) is 0 Å². The van der Waals surface area contributed by atoms with E-state index in [2.05, 4.69) is 21.8 Å². The van der Waals surface area contributed by atoms with Crippen LogP contribution in [0.15, 0.2) is 30.6 Å². The lowest BCUT2D eigenvalue weighted by atomic mass is 9.85. The van der Waals surface area contributed by atoms with Gasteiger partial charge in [0.15, 0.2) is 0 Å². The number of thioether (sulfide) groups is 1. The van der Waals surface area contributed by atoms with Gasteiger partial charge in [-0.2, -0.15) is 0 Å². The molecule has 1 saturated heterocycles. The van der Waals surface area contributed by atoms with Gasteiger partial charge in [0.1, 0.15) is 12.1 Å². The molecule has 4 rings (SSSR count). The van der Waals surface area contributed by atoms with Crippen LogP contribution >= 0.6 is 48.2 Å². The van der Waals surface area contributed by atoms with Gasteiger partial charge >= 0.3 is 0 Å². The minimum Gasteiger partial charge on any atom is -0.353 e. The highest BCUT2D eigenvalue weighted by Crippen LogP contribution is 2.44. The van der Waals surface area contributed by atoms with E-state index >= 15 is 0 Å². The third-order valence-corrected chi connectivity index (χ3v) is 7.44. The lowest BCUT2D eigenvalue weighted by Gasteiger charge is -2.38. The summed E-state index contributed by atoms with van der Waals surface area (Å²) in [4.78, 5) is 26.9. The maximum absolute atomic E-state index is 13.5. The Morgan fingerprint density at radius 1 is 1.18 bits per heavy atom. The van der Waals surface area contributed by atoms with Crippen molar-refractivity contribution >= 4 is 59.9 Å². The zero-order valence-corrected chi connectivity index (χ0v) is 22.4. The molecule has 1 aromatic heterocycles. The zero-order valence-electron chi connectivity index (χ0n) is 19.2. The van der Waals surface area contributed by atoms with Crippen LogP contribution in [-0.2, 0) is 10.5 Å². The van der Waals surface area contributed by atoms with Crippen molar-refractivity contribution in [3.8, 4) is 0 Å². The third kappa shape index (κ3) is 6.45. The Labute approximate surface area is 217 Å². The van der Waals surface area contributed by atoms with Crippen molar-refractivity contribution in [2.75, 3.05) is 31.1 Å². The fourth-order valence-electron chi connectivity index (χ4n) is 4.42. The van der Waals surface area contributed by atoms with Gasteiger partial charge in [0, 0.05) is 53.3 Å². The molecule has 2 aliphatic rings. The molecule has 0 spiro atoms. The van der Waals surface area contributed by atoms with Gasteiger partial charge in [-0.15, -0.1) is 36.6 Å². The second-order valence-electron chi connectivity index (χ2n) is 9.12. The summed E-state index contributed by atoms with van der Waals surface area (Å²) in [6, 6.07) is 7.56. The minimum atomic E-state index is -0.447. The molecular weight excluding hydrogens is 501 g/mol. The van der Waals surface area contributed by atoms with Crippen molar-refractivity contribution < 1.29 is 4.79 Å². The number of anilines is 1. The number of fused-ring (bicyclic) bond motifs is 1. The molecule has 3 heterocycles. The quantitative estimate of drug-likeness (QED) is 0.594. The number of aromatic nitrogens is 2. The van der Waals surface area contributed by atoms with E-state index in [1.165, 1.54) is 5.56 Å². The van der Waals surface area contributed by atoms with Crippen LogP contribution in [-0.4, -0.2) is 52.5 Å². The van der Waals surface area contributed by atoms with Crippen LogP contribution in [0.25, 0.3) is 0 Å². The number of hydrogen-bond acceptors (Lipinski definition) is 6. The van der Waals surface area contributed by atoms with Crippen molar-refractivity contribution in [1.82, 2.24) is 14.9 Å². The number of hydrogen-bond donors (Lipinski definition) is 1. The van der Waals surface area contributed by atoms with Crippen LogP contribution in [0, 0.1) is 0 Å². The molecule has 2 aliphatic heterocycles. The normalized spacial score (nSPS) is 18.8. The number of piperazine rings is 1. The van der Waals surface area contributed by atoms with Crippen molar-refractivity contribution in [1.29, 1.82) is 0 Å². The van der Waals surface area contributed by atoms with Gasteiger partial charge in [-0.25, -0.2) is 9.97 Å². The number of rotatable bonds is 5. The van der Waals surface area contributed by atoms with E-state index in [1.807, 2.05) is 54.8 Å². The number of carbonyl (C=O) groups is 1. The number of carbonyl (C=O) groups excluding carboxylic acids is 1. The van der Waals surface area contributed by atoms with Crippen molar-refractivity contribution in [2.45, 2.75) is 49.7 Å².